The van der Waals surface area contributed by atoms with Crippen molar-refractivity contribution in [2.75, 3.05) is 13.7 Å². The SMILES string of the molecule is COc1ccc(CN2CCCC[C@H](NC(=O)O)C2=O)cc1. The second kappa shape index (κ2) is 6.97. The Labute approximate surface area is 123 Å². The quantitative estimate of drug-likeness (QED) is 0.887. The molecule has 1 aromatic rings. The highest BCUT2D eigenvalue weighted by Gasteiger charge is 2.28. The number of carbonyl (C=O) groups is 2. The normalized spacial score (nSPS) is 19.0. The van der Waals surface area contributed by atoms with Crippen LogP contribution in [-0.2, 0) is 11.3 Å². The Morgan fingerprint density at radius 3 is 2.71 bits per heavy atom. The van der Waals surface area contributed by atoms with Crippen molar-refractivity contribution in [3.63, 3.8) is 0 Å². The van der Waals surface area contributed by atoms with Gasteiger partial charge in [0.05, 0.1) is 7.11 Å². The summed E-state index contributed by atoms with van der Waals surface area (Å²) in [5.74, 6) is 0.622. The molecule has 2 rings (SSSR count). The van der Waals surface area contributed by atoms with Gasteiger partial charge in [0.25, 0.3) is 0 Å². The zero-order valence-electron chi connectivity index (χ0n) is 12.0. The van der Waals surface area contributed by atoms with Gasteiger partial charge in [0, 0.05) is 13.1 Å². The van der Waals surface area contributed by atoms with Crippen LogP contribution < -0.4 is 10.1 Å². The van der Waals surface area contributed by atoms with E-state index in [4.69, 9.17) is 9.84 Å². The van der Waals surface area contributed by atoms with Gasteiger partial charge in [-0.3, -0.25) is 4.79 Å². The lowest BCUT2D eigenvalue weighted by Gasteiger charge is -2.24. The van der Waals surface area contributed by atoms with Gasteiger partial charge < -0.3 is 20.1 Å². The van der Waals surface area contributed by atoms with Crippen molar-refractivity contribution in [3.8, 4) is 5.75 Å². The van der Waals surface area contributed by atoms with Gasteiger partial charge in [-0.05, 0) is 37.0 Å². The summed E-state index contributed by atoms with van der Waals surface area (Å²) in [6, 6.07) is 6.89. The molecule has 1 saturated heterocycles. The summed E-state index contributed by atoms with van der Waals surface area (Å²) in [5.41, 5.74) is 1.00. The molecule has 0 saturated carbocycles. The van der Waals surface area contributed by atoms with Crippen LogP contribution in [0.5, 0.6) is 5.75 Å². The smallest absolute Gasteiger partial charge is 0.405 e. The molecule has 0 spiro atoms. The van der Waals surface area contributed by atoms with Crippen LogP contribution >= 0.6 is 0 Å². The summed E-state index contributed by atoms with van der Waals surface area (Å²) in [6.45, 7) is 1.14. The first-order chi connectivity index (χ1) is 10.1. The summed E-state index contributed by atoms with van der Waals surface area (Å²) in [7, 11) is 1.61. The first-order valence-corrected chi connectivity index (χ1v) is 7.01. The first kappa shape index (κ1) is 15.2. The second-order valence-electron chi connectivity index (χ2n) is 5.11. The molecule has 6 nitrogen and oxygen atoms in total. The number of amides is 2. The predicted molar refractivity (Wildman–Crippen MR) is 77.2 cm³/mol. The molecule has 6 heteroatoms. The van der Waals surface area contributed by atoms with E-state index in [2.05, 4.69) is 5.32 Å². The predicted octanol–water partition coefficient (Wildman–Crippen LogP) is 1.84. The lowest BCUT2D eigenvalue weighted by molar-refractivity contribution is -0.133. The van der Waals surface area contributed by atoms with Crippen LogP contribution in [0.2, 0.25) is 0 Å². The lowest BCUT2D eigenvalue weighted by Crippen LogP contribution is -2.46. The van der Waals surface area contributed by atoms with E-state index >= 15 is 0 Å². The molecule has 21 heavy (non-hydrogen) atoms. The number of hydrogen-bond acceptors (Lipinski definition) is 3. The molecule has 0 aromatic heterocycles. The molecular weight excluding hydrogens is 272 g/mol. The summed E-state index contributed by atoms with van der Waals surface area (Å²) < 4.78 is 5.11. The summed E-state index contributed by atoms with van der Waals surface area (Å²) in [5, 5.41) is 11.1. The van der Waals surface area contributed by atoms with Crippen molar-refractivity contribution in [3.05, 3.63) is 29.8 Å². The summed E-state index contributed by atoms with van der Waals surface area (Å²) in [6.07, 6.45) is 1.14. The minimum absolute atomic E-state index is 0.147. The Kier molecular flexibility index (Phi) is 5.03. The van der Waals surface area contributed by atoms with Crippen LogP contribution in [0.4, 0.5) is 4.79 Å². The second-order valence-corrected chi connectivity index (χ2v) is 5.11. The van der Waals surface area contributed by atoms with Crippen molar-refractivity contribution in [2.45, 2.75) is 31.8 Å². The van der Waals surface area contributed by atoms with E-state index in [1.165, 1.54) is 0 Å². The number of methoxy groups -OCH3 is 1. The van der Waals surface area contributed by atoms with Gasteiger partial charge in [0.2, 0.25) is 5.91 Å². The average molecular weight is 292 g/mol. The van der Waals surface area contributed by atoms with Gasteiger partial charge in [0.15, 0.2) is 0 Å². The van der Waals surface area contributed by atoms with E-state index in [1.807, 2.05) is 24.3 Å². The number of nitrogens with one attached hydrogen (secondary N) is 1. The largest absolute Gasteiger partial charge is 0.497 e. The molecule has 1 aromatic carbocycles. The fourth-order valence-electron chi connectivity index (χ4n) is 2.50. The van der Waals surface area contributed by atoms with Gasteiger partial charge in [-0.2, -0.15) is 0 Å². The third-order valence-corrected chi connectivity index (χ3v) is 3.61. The summed E-state index contributed by atoms with van der Waals surface area (Å²) in [4.78, 5) is 24.9. The Morgan fingerprint density at radius 2 is 2.10 bits per heavy atom. The maximum absolute atomic E-state index is 12.4. The van der Waals surface area contributed by atoms with Gasteiger partial charge >= 0.3 is 6.09 Å². The van der Waals surface area contributed by atoms with Crippen LogP contribution in [0, 0.1) is 0 Å². The van der Waals surface area contributed by atoms with Crippen LogP contribution in [0.25, 0.3) is 0 Å². The number of nitrogens with zero attached hydrogens (tertiary/aromatic N) is 1. The van der Waals surface area contributed by atoms with Crippen molar-refractivity contribution in [1.82, 2.24) is 10.2 Å². The van der Waals surface area contributed by atoms with Crippen LogP contribution in [-0.4, -0.2) is 41.7 Å². The van der Waals surface area contributed by atoms with Gasteiger partial charge in [-0.1, -0.05) is 12.1 Å². The van der Waals surface area contributed by atoms with Crippen LogP contribution in [0.1, 0.15) is 24.8 Å². The fraction of sp³-hybridized carbons (Fsp3) is 0.467. The molecule has 0 aliphatic carbocycles. The van der Waals surface area contributed by atoms with Gasteiger partial charge in [0.1, 0.15) is 11.8 Å². The molecule has 1 heterocycles. The molecule has 114 valence electrons. The minimum Gasteiger partial charge on any atom is -0.497 e. The molecular formula is C15H20N2O4. The molecule has 0 unspecified atom stereocenters. The average Bonchev–Trinajstić information content (AvgIpc) is 2.63. The van der Waals surface area contributed by atoms with E-state index < -0.39 is 12.1 Å². The Morgan fingerprint density at radius 1 is 1.38 bits per heavy atom. The molecule has 0 radical (unpaired) electrons. The maximum Gasteiger partial charge on any atom is 0.405 e. The maximum atomic E-state index is 12.4. The van der Waals surface area contributed by atoms with Crippen LogP contribution in [0.15, 0.2) is 24.3 Å². The highest BCUT2D eigenvalue weighted by Crippen LogP contribution is 2.17. The Bertz CT molecular complexity index is 501. The minimum atomic E-state index is -1.15. The summed E-state index contributed by atoms with van der Waals surface area (Å²) >= 11 is 0. The third-order valence-electron chi connectivity index (χ3n) is 3.61. The topological polar surface area (TPSA) is 78.9 Å². The number of benzene rings is 1. The standard InChI is InChI=1S/C15H20N2O4/c1-21-12-7-5-11(6-8-12)10-17-9-3-2-4-13(14(17)18)16-15(19)20/h5-8,13,16H,2-4,9-10H2,1H3,(H,19,20)/t13-/m0/s1. The molecule has 2 N–H and O–H groups in total. The number of rotatable bonds is 4. The van der Waals surface area contributed by atoms with E-state index in [-0.39, 0.29) is 5.91 Å². The van der Waals surface area contributed by atoms with Crippen molar-refractivity contribution < 1.29 is 19.4 Å². The van der Waals surface area contributed by atoms with Crippen LogP contribution in [0.3, 0.4) is 0 Å². The van der Waals surface area contributed by atoms with Crippen molar-refractivity contribution >= 4 is 12.0 Å². The number of likely N-dealkylation sites (tertiary alicyclic amines) is 1. The number of hydrogen-bond donors (Lipinski definition) is 2. The van der Waals surface area contributed by atoms with E-state index in [1.54, 1.807) is 12.0 Å². The van der Waals surface area contributed by atoms with E-state index in [9.17, 15) is 9.59 Å². The zero-order chi connectivity index (χ0) is 15.2. The number of carboxylic acid groups (broad SMARTS) is 1. The Hall–Kier alpha value is -2.24. The molecule has 1 aliphatic heterocycles. The molecule has 1 atom stereocenters. The molecule has 0 bridgehead atoms. The van der Waals surface area contributed by atoms with Crippen molar-refractivity contribution in [1.29, 1.82) is 0 Å². The monoisotopic (exact) mass is 292 g/mol. The van der Waals surface area contributed by atoms with E-state index in [0.29, 0.717) is 19.5 Å². The highest BCUT2D eigenvalue weighted by molar-refractivity contribution is 5.85. The highest BCUT2D eigenvalue weighted by atomic mass is 16.5. The van der Waals surface area contributed by atoms with E-state index in [0.717, 1.165) is 24.2 Å². The van der Waals surface area contributed by atoms with Crippen molar-refractivity contribution in [2.24, 2.45) is 0 Å². The van der Waals surface area contributed by atoms with Gasteiger partial charge in [-0.15, -0.1) is 0 Å². The third kappa shape index (κ3) is 4.11. The fourth-order valence-corrected chi connectivity index (χ4v) is 2.50. The first-order valence-electron chi connectivity index (χ1n) is 7.01. The molecule has 1 aliphatic rings. The molecule has 2 amide bonds. The van der Waals surface area contributed by atoms with Gasteiger partial charge in [-0.25, -0.2) is 4.79 Å². The lowest BCUT2D eigenvalue weighted by atomic mass is 10.1. The molecule has 1 fully saturated rings. The zero-order valence-corrected chi connectivity index (χ0v) is 12.0. The number of carbonyl (C=O) groups excluding carboxylic acids is 1. The Balaban J connectivity index is 2.05. The number of ether oxygens (including phenoxy) is 1.